The molecule has 0 N–H and O–H groups in total. The first kappa shape index (κ1) is 26.2. The number of carbonyl (C=O) groups excluding carboxylic acids is 3. The van der Waals surface area contributed by atoms with Gasteiger partial charge in [-0.15, -0.1) is 0 Å². The number of para-hydroxylation sites is 1. The van der Waals surface area contributed by atoms with E-state index < -0.39 is 0 Å². The number of methoxy groups -OCH3 is 2. The molecule has 1 fully saturated rings. The molecule has 0 spiro atoms. The van der Waals surface area contributed by atoms with Crippen molar-refractivity contribution in [2.75, 3.05) is 53.6 Å². The fourth-order valence-electron chi connectivity index (χ4n) is 4.07. The van der Waals surface area contributed by atoms with Crippen molar-refractivity contribution in [2.45, 2.75) is 26.2 Å². The average molecular weight is 488 g/mol. The summed E-state index contributed by atoms with van der Waals surface area (Å²) in [6, 6.07) is 8.85. The number of amides is 2. The van der Waals surface area contributed by atoms with E-state index in [-0.39, 0.29) is 42.4 Å². The van der Waals surface area contributed by atoms with Gasteiger partial charge in [-0.3, -0.25) is 14.4 Å². The van der Waals surface area contributed by atoms with Gasteiger partial charge in [-0.1, -0.05) is 17.3 Å². The number of carbonyl (C=O) groups is 3. The molecule has 2 amide bonds. The van der Waals surface area contributed by atoms with Gasteiger partial charge < -0.3 is 28.5 Å². The van der Waals surface area contributed by atoms with Gasteiger partial charge in [0.15, 0.2) is 11.5 Å². The van der Waals surface area contributed by atoms with Crippen LogP contribution in [0.15, 0.2) is 34.9 Å². The molecule has 10 heteroatoms. The van der Waals surface area contributed by atoms with Crippen LogP contribution in [0.1, 0.15) is 36.7 Å². The number of rotatable bonds is 11. The maximum Gasteiger partial charge on any atom is 0.310 e. The molecule has 0 bridgehead atoms. The predicted octanol–water partition coefficient (Wildman–Crippen LogP) is 2.63. The molecule has 2 heterocycles. The van der Waals surface area contributed by atoms with Crippen LogP contribution in [0.25, 0.3) is 11.3 Å². The van der Waals surface area contributed by atoms with Crippen LogP contribution in [0, 0.1) is 5.92 Å². The Labute approximate surface area is 205 Å². The number of ether oxygens (including phenoxy) is 3. The summed E-state index contributed by atoms with van der Waals surface area (Å²) in [5.74, 6) is -0.0212. The van der Waals surface area contributed by atoms with E-state index in [0.717, 1.165) is 6.42 Å². The summed E-state index contributed by atoms with van der Waals surface area (Å²) in [7, 11) is 3.11. The molecule has 1 unspecified atom stereocenters. The number of hydrogen-bond acceptors (Lipinski definition) is 8. The van der Waals surface area contributed by atoms with Crippen LogP contribution in [-0.2, 0) is 19.1 Å². The van der Waals surface area contributed by atoms with Crippen LogP contribution >= 0.6 is 0 Å². The first-order valence-electron chi connectivity index (χ1n) is 11.8. The lowest BCUT2D eigenvalue weighted by molar-refractivity contribution is -0.151. The highest BCUT2D eigenvalue weighted by Crippen LogP contribution is 2.30. The van der Waals surface area contributed by atoms with Gasteiger partial charge in [0.2, 0.25) is 5.91 Å². The molecule has 35 heavy (non-hydrogen) atoms. The van der Waals surface area contributed by atoms with Gasteiger partial charge in [0.05, 0.1) is 31.8 Å². The van der Waals surface area contributed by atoms with Crippen LogP contribution in [0.5, 0.6) is 5.75 Å². The van der Waals surface area contributed by atoms with E-state index in [2.05, 4.69) is 5.16 Å². The van der Waals surface area contributed by atoms with Gasteiger partial charge in [-0.25, -0.2) is 0 Å². The third-order valence-electron chi connectivity index (χ3n) is 5.94. The molecule has 2 aromatic rings. The van der Waals surface area contributed by atoms with Crippen LogP contribution in [0.3, 0.4) is 0 Å². The van der Waals surface area contributed by atoms with Crippen LogP contribution in [0.4, 0.5) is 0 Å². The number of esters is 1. The zero-order chi connectivity index (χ0) is 25.2. The SMILES string of the molecule is CCOC(=O)C1CCCN(C(=O)CCN(CCOC)C(=O)c2cc(-c3ccccc3OC)on2)C1. The fraction of sp³-hybridized carbons (Fsp3) is 0.520. The third kappa shape index (κ3) is 6.82. The third-order valence-corrected chi connectivity index (χ3v) is 5.94. The van der Waals surface area contributed by atoms with Gasteiger partial charge >= 0.3 is 5.97 Å². The molecule has 0 saturated carbocycles. The summed E-state index contributed by atoms with van der Waals surface area (Å²) in [6.07, 6.45) is 1.58. The summed E-state index contributed by atoms with van der Waals surface area (Å²) in [5, 5.41) is 3.95. The van der Waals surface area contributed by atoms with Gasteiger partial charge in [0.1, 0.15) is 5.75 Å². The highest BCUT2D eigenvalue weighted by atomic mass is 16.5. The van der Waals surface area contributed by atoms with Gasteiger partial charge in [-0.05, 0) is 31.9 Å². The van der Waals surface area contributed by atoms with Crippen LogP contribution < -0.4 is 4.74 Å². The highest BCUT2D eigenvalue weighted by molar-refractivity contribution is 5.93. The molecule has 1 aromatic heterocycles. The second-order valence-electron chi connectivity index (χ2n) is 8.24. The smallest absolute Gasteiger partial charge is 0.310 e. The van der Waals surface area contributed by atoms with Gasteiger partial charge in [0, 0.05) is 45.8 Å². The monoisotopic (exact) mass is 487 g/mol. The molecular formula is C25H33N3O7. The second kappa shape index (κ2) is 12.9. The lowest BCUT2D eigenvalue weighted by atomic mass is 9.98. The average Bonchev–Trinajstić information content (AvgIpc) is 3.38. The standard InChI is InChI=1S/C25H33N3O7/c1-4-34-25(31)18-8-7-12-28(17-18)23(29)11-13-27(14-15-32-2)24(30)20-16-22(35-26-20)19-9-5-6-10-21(19)33-3/h5-6,9-10,16,18H,4,7-8,11-15,17H2,1-3H3. The van der Waals surface area contributed by atoms with Crippen molar-refractivity contribution in [3.8, 4) is 17.1 Å². The highest BCUT2D eigenvalue weighted by Gasteiger charge is 2.30. The Kier molecular flexibility index (Phi) is 9.66. The summed E-state index contributed by atoms with van der Waals surface area (Å²) in [6.45, 7) is 3.82. The Balaban J connectivity index is 1.65. The van der Waals surface area contributed by atoms with Crippen molar-refractivity contribution in [1.82, 2.24) is 15.0 Å². The van der Waals surface area contributed by atoms with Gasteiger partial charge in [-0.2, -0.15) is 0 Å². The minimum atomic E-state index is -0.359. The Hall–Kier alpha value is -3.40. The molecule has 10 nitrogen and oxygen atoms in total. The number of aromatic nitrogens is 1. The van der Waals surface area contributed by atoms with Crippen LogP contribution in [0.2, 0.25) is 0 Å². The van der Waals surface area contributed by atoms with E-state index in [9.17, 15) is 14.4 Å². The molecular weight excluding hydrogens is 454 g/mol. The Morgan fingerprint density at radius 1 is 1.20 bits per heavy atom. The normalized spacial score (nSPS) is 15.5. The molecule has 1 aromatic carbocycles. The van der Waals surface area contributed by atoms with Crippen molar-refractivity contribution in [1.29, 1.82) is 0 Å². The number of nitrogens with zero attached hydrogens (tertiary/aromatic N) is 3. The molecule has 0 radical (unpaired) electrons. The van der Waals surface area contributed by atoms with E-state index in [0.29, 0.717) is 56.3 Å². The number of benzene rings is 1. The van der Waals surface area contributed by atoms with Crippen molar-refractivity contribution in [3.63, 3.8) is 0 Å². The minimum Gasteiger partial charge on any atom is -0.496 e. The zero-order valence-electron chi connectivity index (χ0n) is 20.5. The Morgan fingerprint density at radius 2 is 2.00 bits per heavy atom. The van der Waals surface area contributed by atoms with Crippen molar-refractivity contribution in [3.05, 3.63) is 36.0 Å². The minimum absolute atomic E-state index is 0.107. The first-order chi connectivity index (χ1) is 17.0. The van der Waals surface area contributed by atoms with E-state index in [1.54, 1.807) is 38.2 Å². The van der Waals surface area contributed by atoms with Crippen LogP contribution in [-0.4, -0.2) is 86.4 Å². The fourth-order valence-corrected chi connectivity index (χ4v) is 4.07. The second-order valence-corrected chi connectivity index (χ2v) is 8.24. The zero-order valence-corrected chi connectivity index (χ0v) is 20.5. The summed E-state index contributed by atoms with van der Waals surface area (Å²) >= 11 is 0. The maximum absolute atomic E-state index is 13.2. The largest absolute Gasteiger partial charge is 0.496 e. The lowest BCUT2D eigenvalue weighted by Gasteiger charge is -2.32. The lowest BCUT2D eigenvalue weighted by Crippen LogP contribution is -2.44. The summed E-state index contributed by atoms with van der Waals surface area (Å²) in [4.78, 5) is 41.4. The predicted molar refractivity (Wildman–Crippen MR) is 127 cm³/mol. The summed E-state index contributed by atoms with van der Waals surface area (Å²) < 4.78 is 21.0. The van der Waals surface area contributed by atoms with E-state index >= 15 is 0 Å². The van der Waals surface area contributed by atoms with E-state index in [1.807, 2.05) is 18.2 Å². The number of piperidine rings is 1. The van der Waals surface area contributed by atoms with Gasteiger partial charge in [0.25, 0.3) is 5.91 Å². The Bertz CT molecular complexity index is 1010. The maximum atomic E-state index is 13.2. The van der Waals surface area contributed by atoms with Crippen molar-refractivity contribution in [2.24, 2.45) is 5.92 Å². The van der Waals surface area contributed by atoms with E-state index in [1.165, 1.54) is 4.90 Å². The topological polar surface area (TPSA) is 111 Å². The Morgan fingerprint density at radius 3 is 2.74 bits per heavy atom. The van der Waals surface area contributed by atoms with Crippen molar-refractivity contribution < 1.29 is 33.1 Å². The number of hydrogen-bond donors (Lipinski definition) is 0. The molecule has 1 saturated heterocycles. The molecule has 1 aliphatic heterocycles. The molecule has 3 rings (SSSR count). The first-order valence-corrected chi connectivity index (χ1v) is 11.8. The summed E-state index contributed by atoms with van der Waals surface area (Å²) in [5.41, 5.74) is 0.816. The number of likely N-dealkylation sites (tertiary alicyclic amines) is 1. The molecule has 1 aliphatic rings. The molecule has 0 aliphatic carbocycles. The van der Waals surface area contributed by atoms with E-state index in [4.69, 9.17) is 18.7 Å². The quantitative estimate of drug-likeness (QED) is 0.445. The van der Waals surface area contributed by atoms with Crippen molar-refractivity contribution >= 4 is 17.8 Å². The molecule has 1 atom stereocenters. The molecule has 190 valence electrons.